The fourth-order valence-corrected chi connectivity index (χ4v) is 2.90. The minimum absolute atomic E-state index is 0.00398. The Hall–Kier alpha value is -1.74. The fourth-order valence-electron chi connectivity index (χ4n) is 2.90. The summed E-state index contributed by atoms with van der Waals surface area (Å²) in [6.45, 7) is 1.69. The van der Waals surface area contributed by atoms with E-state index in [9.17, 15) is 8.78 Å². The first kappa shape index (κ1) is 13.3. The number of benzene rings is 2. The van der Waals surface area contributed by atoms with E-state index in [1.165, 1.54) is 23.8 Å². The molecule has 0 aliphatic carbocycles. The van der Waals surface area contributed by atoms with Gasteiger partial charge in [0.15, 0.2) is 0 Å². The molecule has 2 aromatic rings. The van der Waals surface area contributed by atoms with E-state index in [-0.39, 0.29) is 17.0 Å². The molecule has 1 saturated heterocycles. The van der Waals surface area contributed by atoms with Gasteiger partial charge < -0.3 is 5.32 Å². The van der Waals surface area contributed by atoms with Crippen molar-refractivity contribution in [3.8, 4) is 0 Å². The lowest BCUT2D eigenvalue weighted by Gasteiger charge is -2.43. The maximum absolute atomic E-state index is 13.8. The lowest BCUT2D eigenvalue weighted by Crippen LogP contribution is -2.56. The van der Waals surface area contributed by atoms with E-state index in [4.69, 9.17) is 0 Å². The van der Waals surface area contributed by atoms with Crippen molar-refractivity contribution in [2.45, 2.75) is 12.8 Å². The number of nitrogens with one attached hydrogen (secondary N) is 1. The Morgan fingerprint density at radius 2 is 1.70 bits per heavy atom. The zero-order chi connectivity index (χ0) is 14.0. The number of rotatable bonds is 4. The molecule has 0 amide bonds. The summed E-state index contributed by atoms with van der Waals surface area (Å²) in [6.07, 6.45) is 1.45. The van der Waals surface area contributed by atoms with Crippen molar-refractivity contribution >= 4 is 0 Å². The van der Waals surface area contributed by atoms with Gasteiger partial charge in [0.1, 0.15) is 11.6 Å². The summed E-state index contributed by atoms with van der Waals surface area (Å²) >= 11 is 0. The minimum Gasteiger partial charge on any atom is -0.315 e. The molecule has 0 bridgehead atoms. The highest BCUT2D eigenvalue weighted by Gasteiger charge is 2.37. The molecule has 0 unspecified atom stereocenters. The predicted molar refractivity (Wildman–Crippen MR) is 75.5 cm³/mol. The van der Waals surface area contributed by atoms with Gasteiger partial charge in [0.2, 0.25) is 0 Å². The van der Waals surface area contributed by atoms with Crippen molar-refractivity contribution in [3.63, 3.8) is 0 Å². The molecule has 0 saturated carbocycles. The standard InChI is InChI=1S/C17H17F2N/c18-15-6-7-16(19)14(8-15)10-17(11-20-12-17)9-13-4-2-1-3-5-13/h1-8,20H,9-12H2. The largest absolute Gasteiger partial charge is 0.315 e. The topological polar surface area (TPSA) is 12.0 Å². The first-order valence-corrected chi connectivity index (χ1v) is 6.86. The molecule has 1 aliphatic rings. The van der Waals surface area contributed by atoms with Gasteiger partial charge >= 0.3 is 0 Å². The average Bonchev–Trinajstić information content (AvgIpc) is 2.41. The minimum atomic E-state index is -0.372. The first-order valence-electron chi connectivity index (χ1n) is 6.86. The average molecular weight is 273 g/mol. The van der Waals surface area contributed by atoms with Crippen LogP contribution in [0, 0.1) is 17.0 Å². The highest BCUT2D eigenvalue weighted by atomic mass is 19.1. The quantitative estimate of drug-likeness (QED) is 0.901. The van der Waals surface area contributed by atoms with Gasteiger partial charge in [-0.3, -0.25) is 0 Å². The van der Waals surface area contributed by atoms with Crippen LogP contribution in [-0.2, 0) is 12.8 Å². The Morgan fingerprint density at radius 1 is 0.950 bits per heavy atom. The van der Waals surface area contributed by atoms with Gasteiger partial charge in [0, 0.05) is 18.5 Å². The molecule has 0 radical (unpaired) electrons. The summed E-state index contributed by atoms with van der Waals surface area (Å²) in [5.41, 5.74) is 1.71. The Bertz CT molecular complexity index is 591. The van der Waals surface area contributed by atoms with Crippen LogP contribution in [0.1, 0.15) is 11.1 Å². The van der Waals surface area contributed by atoms with Crippen LogP contribution in [0.2, 0.25) is 0 Å². The fraction of sp³-hybridized carbons (Fsp3) is 0.294. The zero-order valence-electron chi connectivity index (χ0n) is 11.2. The molecule has 1 fully saturated rings. The number of halogens is 2. The van der Waals surface area contributed by atoms with E-state index >= 15 is 0 Å². The van der Waals surface area contributed by atoms with Crippen LogP contribution < -0.4 is 5.32 Å². The van der Waals surface area contributed by atoms with Gasteiger partial charge in [-0.1, -0.05) is 30.3 Å². The molecule has 0 aromatic heterocycles. The maximum atomic E-state index is 13.8. The molecular formula is C17H17F2N. The Balaban J connectivity index is 1.81. The van der Waals surface area contributed by atoms with Crippen molar-refractivity contribution in [1.82, 2.24) is 5.32 Å². The van der Waals surface area contributed by atoms with Crippen LogP contribution >= 0.6 is 0 Å². The van der Waals surface area contributed by atoms with Crippen molar-refractivity contribution < 1.29 is 8.78 Å². The molecule has 0 spiro atoms. The molecule has 1 aliphatic heterocycles. The lowest BCUT2D eigenvalue weighted by molar-refractivity contribution is 0.165. The van der Waals surface area contributed by atoms with Crippen LogP contribution in [0.4, 0.5) is 8.78 Å². The van der Waals surface area contributed by atoms with Crippen LogP contribution in [-0.4, -0.2) is 13.1 Å². The van der Waals surface area contributed by atoms with E-state index < -0.39 is 0 Å². The van der Waals surface area contributed by atoms with E-state index in [1.807, 2.05) is 18.2 Å². The van der Waals surface area contributed by atoms with Gasteiger partial charge in [0.25, 0.3) is 0 Å². The highest BCUT2D eigenvalue weighted by Crippen LogP contribution is 2.32. The summed E-state index contributed by atoms with van der Waals surface area (Å²) < 4.78 is 27.1. The van der Waals surface area contributed by atoms with Crippen LogP contribution in [0.15, 0.2) is 48.5 Å². The van der Waals surface area contributed by atoms with Crippen molar-refractivity contribution in [3.05, 3.63) is 71.3 Å². The molecule has 1 nitrogen and oxygen atoms in total. The smallest absolute Gasteiger partial charge is 0.126 e. The zero-order valence-corrected chi connectivity index (χ0v) is 11.2. The second-order valence-corrected chi connectivity index (χ2v) is 5.68. The predicted octanol–water partition coefficient (Wildman–Crippen LogP) is 3.34. The third-order valence-electron chi connectivity index (χ3n) is 4.00. The monoisotopic (exact) mass is 273 g/mol. The summed E-state index contributed by atoms with van der Waals surface area (Å²) in [4.78, 5) is 0. The maximum Gasteiger partial charge on any atom is 0.126 e. The van der Waals surface area contributed by atoms with Crippen LogP contribution in [0.25, 0.3) is 0 Å². The summed E-state index contributed by atoms with van der Waals surface area (Å²) in [7, 11) is 0. The van der Waals surface area contributed by atoms with Gasteiger partial charge in [-0.2, -0.15) is 0 Å². The lowest BCUT2D eigenvalue weighted by atomic mass is 9.72. The third kappa shape index (κ3) is 2.73. The van der Waals surface area contributed by atoms with Gasteiger partial charge in [0.05, 0.1) is 0 Å². The molecule has 3 heteroatoms. The molecule has 2 aromatic carbocycles. The summed E-state index contributed by atoms with van der Waals surface area (Å²) in [6, 6.07) is 13.9. The van der Waals surface area contributed by atoms with Crippen molar-refractivity contribution in [1.29, 1.82) is 0 Å². The van der Waals surface area contributed by atoms with E-state index in [1.54, 1.807) is 0 Å². The highest BCUT2D eigenvalue weighted by molar-refractivity contribution is 5.24. The van der Waals surface area contributed by atoms with Crippen molar-refractivity contribution in [2.75, 3.05) is 13.1 Å². The second-order valence-electron chi connectivity index (χ2n) is 5.68. The van der Waals surface area contributed by atoms with E-state index in [0.29, 0.717) is 12.0 Å². The first-order chi connectivity index (χ1) is 9.67. The molecule has 1 heterocycles. The molecule has 3 rings (SSSR count). The number of hydrogen-bond acceptors (Lipinski definition) is 1. The van der Waals surface area contributed by atoms with E-state index in [0.717, 1.165) is 19.5 Å². The van der Waals surface area contributed by atoms with Gasteiger partial charge in [-0.15, -0.1) is 0 Å². The molecule has 20 heavy (non-hydrogen) atoms. The molecule has 1 N–H and O–H groups in total. The van der Waals surface area contributed by atoms with Crippen molar-refractivity contribution in [2.24, 2.45) is 5.41 Å². The summed E-state index contributed by atoms with van der Waals surface area (Å²) in [5, 5.41) is 3.26. The summed E-state index contributed by atoms with van der Waals surface area (Å²) in [5.74, 6) is -0.686. The Labute approximate surface area is 117 Å². The third-order valence-corrected chi connectivity index (χ3v) is 4.00. The van der Waals surface area contributed by atoms with Gasteiger partial charge in [-0.05, 0) is 42.2 Å². The van der Waals surface area contributed by atoms with Gasteiger partial charge in [-0.25, -0.2) is 8.78 Å². The van der Waals surface area contributed by atoms with E-state index in [2.05, 4.69) is 17.4 Å². The molecule has 104 valence electrons. The van der Waals surface area contributed by atoms with Crippen LogP contribution in [0.5, 0.6) is 0 Å². The normalized spacial score (nSPS) is 16.7. The van der Waals surface area contributed by atoms with Crippen LogP contribution in [0.3, 0.4) is 0 Å². The Morgan fingerprint density at radius 3 is 2.35 bits per heavy atom. The Kier molecular flexibility index (Phi) is 3.53. The molecule has 0 atom stereocenters. The molecular weight excluding hydrogens is 256 g/mol. The number of hydrogen-bond donors (Lipinski definition) is 1. The SMILES string of the molecule is Fc1ccc(F)c(CC2(Cc3ccccc3)CNC2)c1. The second kappa shape index (κ2) is 5.33.